The first-order chi connectivity index (χ1) is 7.46. The lowest BCUT2D eigenvalue weighted by Gasteiger charge is -2.34. The molecule has 17 heavy (non-hydrogen) atoms. The van der Waals surface area contributed by atoms with Crippen molar-refractivity contribution in [2.24, 2.45) is 5.92 Å². The van der Waals surface area contributed by atoms with Crippen LogP contribution in [0.1, 0.15) is 55.4 Å². The fourth-order valence-electron chi connectivity index (χ4n) is 1.29. The second-order valence-corrected chi connectivity index (χ2v) is 6.61. The number of nitrogens with zero attached hydrogens (tertiary/aromatic N) is 1. The molecule has 3 nitrogen and oxygen atoms in total. The predicted octanol–water partition coefficient (Wildman–Crippen LogP) is 3.65. The third kappa shape index (κ3) is 7.41. The molecule has 0 aromatic carbocycles. The second kappa shape index (κ2) is 5.88. The molecular formula is C13H26BNO2. The van der Waals surface area contributed by atoms with Gasteiger partial charge in [0.1, 0.15) is 0 Å². The Balaban J connectivity index is 4.80. The fraction of sp³-hybridized carbons (Fsp3) is 0.923. The molecule has 0 aromatic rings. The van der Waals surface area contributed by atoms with Gasteiger partial charge in [0.15, 0.2) is 0 Å². The number of rotatable bonds is 4. The van der Waals surface area contributed by atoms with Crippen molar-refractivity contribution >= 4 is 7.12 Å². The molecule has 0 radical (unpaired) electrons. The summed E-state index contributed by atoms with van der Waals surface area (Å²) in [4.78, 5) is 0. The maximum atomic E-state index is 8.99. The standard InChI is InChI=1S/C13H26BNO2/c1-10(9-15)11(2)14(16-12(3,4)5)17-13(6,7)8/h10-11H,1-8H3. The smallest absolute Gasteiger partial charge is 0.406 e. The Morgan fingerprint density at radius 2 is 1.29 bits per heavy atom. The summed E-state index contributed by atoms with van der Waals surface area (Å²) in [5.74, 6) is -0.0526. The second-order valence-electron chi connectivity index (χ2n) is 6.61. The van der Waals surface area contributed by atoms with Crippen molar-refractivity contribution in [3.63, 3.8) is 0 Å². The van der Waals surface area contributed by atoms with Crippen LogP contribution in [0.25, 0.3) is 0 Å². The quantitative estimate of drug-likeness (QED) is 0.703. The maximum absolute atomic E-state index is 8.99. The molecule has 2 unspecified atom stereocenters. The zero-order valence-electron chi connectivity index (χ0n) is 12.5. The Hall–Kier alpha value is -0.525. The maximum Gasteiger partial charge on any atom is 0.461 e. The SMILES string of the molecule is CC(C#N)C(C)B(OC(C)(C)C)OC(C)(C)C. The normalized spacial score (nSPS) is 16.2. The minimum atomic E-state index is -0.357. The van der Waals surface area contributed by atoms with Gasteiger partial charge in [0.25, 0.3) is 0 Å². The van der Waals surface area contributed by atoms with E-state index in [1.165, 1.54) is 0 Å². The zero-order chi connectivity index (χ0) is 13.9. The molecule has 0 aromatic heterocycles. The fourth-order valence-corrected chi connectivity index (χ4v) is 1.29. The van der Waals surface area contributed by atoms with E-state index in [-0.39, 0.29) is 30.1 Å². The van der Waals surface area contributed by atoms with E-state index in [0.29, 0.717) is 0 Å². The lowest BCUT2D eigenvalue weighted by Crippen LogP contribution is -2.42. The first-order valence-corrected chi connectivity index (χ1v) is 6.21. The molecule has 0 spiro atoms. The lowest BCUT2D eigenvalue weighted by atomic mass is 9.65. The Bertz CT molecular complexity index is 257. The van der Waals surface area contributed by atoms with Gasteiger partial charge in [-0.2, -0.15) is 5.26 Å². The molecule has 0 amide bonds. The molecule has 0 aliphatic heterocycles. The minimum Gasteiger partial charge on any atom is -0.406 e. The van der Waals surface area contributed by atoms with Gasteiger partial charge in [-0.25, -0.2) is 0 Å². The molecule has 0 fully saturated rings. The van der Waals surface area contributed by atoms with Crippen LogP contribution in [0.4, 0.5) is 0 Å². The number of hydrogen-bond donors (Lipinski definition) is 0. The lowest BCUT2D eigenvalue weighted by molar-refractivity contribution is 0.0280. The Kier molecular flexibility index (Phi) is 5.70. The van der Waals surface area contributed by atoms with Crippen molar-refractivity contribution in [1.29, 1.82) is 5.26 Å². The van der Waals surface area contributed by atoms with Crippen molar-refractivity contribution in [3.05, 3.63) is 0 Å². The zero-order valence-corrected chi connectivity index (χ0v) is 12.5. The molecule has 0 aliphatic carbocycles. The number of hydrogen-bond acceptors (Lipinski definition) is 3. The van der Waals surface area contributed by atoms with Gasteiger partial charge in [-0.3, -0.25) is 0 Å². The highest BCUT2D eigenvalue weighted by Crippen LogP contribution is 2.28. The van der Waals surface area contributed by atoms with Crippen molar-refractivity contribution in [3.8, 4) is 6.07 Å². The summed E-state index contributed by atoms with van der Waals surface area (Å²) in [6.45, 7) is 15.9. The first kappa shape index (κ1) is 16.5. The predicted molar refractivity (Wildman–Crippen MR) is 71.6 cm³/mol. The topological polar surface area (TPSA) is 42.2 Å². The highest BCUT2D eigenvalue weighted by atomic mass is 16.6. The largest absolute Gasteiger partial charge is 0.461 e. The third-order valence-electron chi connectivity index (χ3n) is 2.36. The van der Waals surface area contributed by atoms with Gasteiger partial charge in [-0.1, -0.05) is 6.92 Å². The van der Waals surface area contributed by atoms with Crippen LogP contribution < -0.4 is 0 Å². The van der Waals surface area contributed by atoms with Crippen molar-refractivity contribution in [2.75, 3.05) is 0 Å². The molecule has 2 atom stereocenters. The van der Waals surface area contributed by atoms with Crippen molar-refractivity contribution in [2.45, 2.75) is 72.4 Å². The minimum absolute atomic E-state index is 0.0402. The Labute approximate surface area is 107 Å². The molecule has 98 valence electrons. The monoisotopic (exact) mass is 239 g/mol. The molecule has 0 aliphatic rings. The van der Waals surface area contributed by atoms with E-state index in [1.54, 1.807) is 0 Å². The van der Waals surface area contributed by atoms with Gasteiger partial charge in [0, 0.05) is 22.9 Å². The highest BCUT2D eigenvalue weighted by Gasteiger charge is 2.37. The summed E-state index contributed by atoms with van der Waals surface area (Å²) in [6, 6.07) is 2.26. The van der Waals surface area contributed by atoms with E-state index >= 15 is 0 Å². The summed E-state index contributed by atoms with van der Waals surface area (Å²) in [6.07, 6.45) is 0. The molecule has 0 N–H and O–H groups in total. The molecular weight excluding hydrogens is 213 g/mol. The van der Waals surface area contributed by atoms with Crippen LogP contribution in [0.15, 0.2) is 0 Å². The van der Waals surface area contributed by atoms with E-state index in [9.17, 15) is 0 Å². The molecule has 0 saturated heterocycles. The van der Waals surface area contributed by atoms with Gasteiger partial charge >= 0.3 is 7.12 Å². The van der Waals surface area contributed by atoms with Crippen LogP contribution in [0, 0.1) is 17.2 Å². The molecule has 0 saturated carbocycles. The van der Waals surface area contributed by atoms with E-state index in [1.807, 2.05) is 55.4 Å². The summed E-state index contributed by atoms with van der Waals surface area (Å²) < 4.78 is 11.9. The average molecular weight is 239 g/mol. The van der Waals surface area contributed by atoms with Gasteiger partial charge < -0.3 is 9.31 Å². The molecule has 4 heteroatoms. The van der Waals surface area contributed by atoms with E-state index in [0.717, 1.165) is 0 Å². The first-order valence-electron chi connectivity index (χ1n) is 6.21. The van der Waals surface area contributed by atoms with Crippen LogP contribution in [-0.4, -0.2) is 18.3 Å². The van der Waals surface area contributed by atoms with Crippen LogP contribution in [-0.2, 0) is 9.31 Å². The van der Waals surface area contributed by atoms with Crippen molar-refractivity contribution in [1.82, 2.24) is 0 Å². The molecule has 0 rings (SSSR count). The summed E-state index contributed by atoms with van der Waals surface area (Å²) in [5.41, 5.74) is -0.557. The van der Waals surface area contributed by atoms with Gasteiger partial charge in [-0.15, -0.1) is 0 Å². The van der Waals surface area contributed by atoms with Gasteiger partial charge in [-0.05, 0) is 48.5 Å². The van der Waals surface area contributed by atoms with E-state index in [4.69, 9.17) is 14.6 Å². The number of nitriles is 1. The van der Waals surface area contributed by atoms with Crippen LogP contribution >= 0.6 is 0 Å². The average Bonchev–Trinajstić information content (AvgIpc) is 2.09. The summed E-state index contributed by atoms with van der Waals surface area (Å²) in [7, 11) is -0.357. The van der Waals surface area contributed by atoms with E-state index in [2.05, 4.69) is 6.07 Å². The van der Waals surface area contributed by atoms with Crippen LogP contribution in [0.2, 0.25) is 5.82 Å². The molecule has 0 bridgehead atoms. The summed E-state index contributed by atoms with van der Waals surface area (Å²) >= 11 is 0. The highest BCUT2D eigenvalue weighted by molar-refractivity contribution is 6.46. The van der Waals surface area contributed by atoms with Gasteiger partial charge in [0.2, 0.25) is 0 Å². The Morgan fingerprint density at radius 3 is 1.53 bits per heavy atom. The molecule has 0 heterocycles. The van der Waals surface area contributed by atoms with E-state index < -0.39 is 0 Å². The Morgan fingerprint density at radius 1 is 0.941 bits per heavy atom. The van der Waals surface area contributed by atoms with Crippen molar-refractivity contribution < 1.29 is 9.31 Å². The van der Waals surface area contributed by atoms with Crippen LogP contribution in [0.3, 0.4) is 0 Å². The summed E-state index contributed by atoms with van der Waals surface area (Å²) in [5, 5.41) is 8.99. The van der Waals surface area contributed by atoms with Gasteiger partial charge in [0.05, 0.1) is 6.07 Å². The van der Waals surface area contributed by atoms with Crippen LogP contribution in [0.5, 0.6) is 0 Å². The third-order valence-corrected chi connectivity index (χ3v) is 2.36.